The molecule has 2 aromatic rings. The molecule has 1 atom stereocenters. The third-order valence-electron chi connectivity index (χ3n) is 2.61. The molecule has 17 heavy (non-hydrogen) atoms. The van der Waals surface area contributed by atoms with Crippen molar-refractivity contribution in [2.75, 3.05) is 0 Å². The molecule has 1 aromatic heterocycles. The lowest BCUT2D eigenvalue weighted by molar-refractivity contribution is -0.0867. The Morgan fingerprint density at radius 1 is 1.18 bits per heavy atom. The lowest BCUT2D eigenvalue weighted by atomic mass is 10.1. The van der Waals surface area contributed by atoms with Crippen molar-refractivity contribution in [3.63, 3.8) is 0 Å². The summed E-state index contributed by atoms with van der Waals surface area (Å²) >= 11 is 0. The lowest BCUT2D eigenvalue weighted by Gasteiger charge is -1.98. The average Bonchev–Trinajstić information content (AvgIpc) is 2.51. The first-order valence-corrected chi connectivity index (χ1v) is 6.28. The second-order valence-electron chi connectivity index (χ2n) is 3.73. The van der Waals surface area contributed by atoms with Gasteiger partial charge in [-0.3, -0.25) is 0 Å². The molecule has 0 spiro atoms. The minimum Gasteiger partial charge on any atom is -1.00 e. The van der Waals surface area contributed by atoms with Gasteiger partial charge >= 0.3 is 5.51 Å². The van der Waals surface area contributed by atoms with Crippen molar-refractivity contribution < 1.29 is 30.2 Å². The van der Waals surface area contributed by atoms with Gasteiger partial charge in [0.2, 0.25) is 0 Å². The largest absolute Gasteiger partial charge is 1.00 e. The summed E-state index contributed by atoms with van der Waals surface area (Å²) in [6.45, 7) is 3.55. The first-order valence-electron chi connectivity index (χ1n) is 5.06. The molecule has 0 N–H and O–H groups in total. The molecule has 5 heteroatoms. The number of alkyl halides is 3. The van der Waals surface area contributed by atoms with Crippen LogP contribution in [-0.4, -0.2) is 0 Å². The van der Waals surface area contributed by atoms with Gasteiger partial charge in [-0.15, -0.1) is 13.2 Å². The normalized spacial score (nSPS) is 12.6. The van der Waals surface area contributed by atoms with Crippen LogP contribution in [0.5, 0.6) is 0 Å². The Hall–Kier alpha value is -0.550. The van der Waals surface area contributed by atoms with Crippen molar-refractivity contribution in [3.05, 3.63) is 34.7 Å². The number of halogens is 4. The molecule has 0 nitrogen and oxygen atoms in total. The van der Waals surface area contributed by atoms with Gasteiger partial charge in [-0.2, -0.15) is 0 Å². The van der Waals surface area contributed by atoms with Crippen LogP contribution in [0.3, 0.4) is 0 Å². The lowest BCUT2D eigenvalue weighted by Crippen LogP contribution is -3.00. The fourth-order valence-corrected chi connectivity index (χ4v) is 3.64. The van der Waals surface area contributed by atoms with E-state index in [-0.39, 0.29) is 17.0 Å². The van der Waals surface area contributed by atoms with E-state index in [2.05, 4.69) is 0 Å². The Morgan fingerprint density at radius 2 is 1.82 bits per heavy atom. The van der Waals surface area contributed by atoms with Crippen LogP contribution in [-0.2, 0) is 11.9 Å². The highest BCUT2D eigenvalue weighted by Crippen LogP contribution is 2.50. The van der Waals surface area contributed by atoms with Crippen LogP contribution in [0.4, 0.5) is 13.2 Å². The molecule has 0 fully saturated rings. The number of benzene rings is 1. The van der Waals surface area contributed by atoms with Crippen LogP contribution < -0.4 is 17.0 Å². The number of thiophene rings is 1. The van der Waals surface area contributed by atoms with E-state index in [0.717, 1.165) is 17.4 Å². The van der Waals surface area contributed by atoms with E-state index >= 15 is 0 Å². The molecular formula is C12H12BrF3S. The summed E-state index contributed by atoms with van der Waals surface area (Å²) in [5.41, 5.74) is -3.07. The third kappa shape index (κ3) is 2.65. The van der Waals surface area contributed by atoms with Gasteiger partial charge in [-0.25, -0.2) is 0 Å². The number of hydrogen-bond acceptors (Lipinski definition) is 0. The van der Waals surface area contributed by atoms with E-state index in [1.807, 2.05) is 13.0 Å². The zero-order valence-electron chi connectivity index (χ0n) is 9.44. The molecule has 2 rings (SSSR count). The topological polar surface area (TPSA) is 0 Å². The van der Waals surface area contributed by atoms with Crippen molar-refractivity contribution in [1.29, 1.82) is 0 Å². The van der Waals surface area contributed by atoms with Crippen LogP contribution in [0.2, 0.25) is 0 Å². The van der Waals surface area contributed by atoms with E-state index in [4.69, 9.17) is 0 Å². The van der Waals surface area contributed by atoms with E-state index in [1.54, 1.807) is 25.1 Å². The Balaban J connectivity index is 0.00000144. The average molecular weight is 325 g/mol. The van der Waals surface area contributed by atoms with Crippen molar-refractivity contribution in [2.24, 2.45) is 0 Å². The highest BCUT2D eigenvalue weighted by atomic mass is 79.9. The summed E-state index contributed by atoms with van der Waals surface area (Å²) < 4.78 is 39.0. The molecule has 94 valence electrons. The van der Waals surface area contributed by atoms with Crippen LogP contribution in [0.25, 0.3) is 10.1 Å². The molecule has 0 radical (unpaired) electrons. The summed E-state index contributed by atoms with van der Waals surface area (Å²) in [6.07, 6.45) is 0.847. The van der Waals surface area contributed by atoms with E-state index in [0.29, 0.717) is 9.58 Å². The molecule has 1 aromatic carbocycles. The molecular weight excluding hydrogens is 313 g/mol. The van der Waals surface area contributed by atoms with Crippen molar-refractivity contribution >= 4 is 20.6 Å². The highest BCUT2D eigenvalue weighted by Gasteiger charge is 2.46. The molecule has 0 amide bonds. The first kappa shape index (κ1) is 14.5. The fourth-order valence-electron chi connectivity index (χ4n) is 1.88. The van der Waals surface area contributed by atoms with Gasteiger partial charge in [0, 0.05) is 18.4 Å². The minimum atomic E-state index is -4.15. The molecule has 0 aliphatic carbocycles. The Kier molecular flexibility index (Phi) is 4.25. The van der Waals surface area contributed by atoms with Crippen LogP contribution in [0.15, 0.2) is 24.3 Å². The predicted molar refractivity (Wildman–Crippen MR) is 61.8 cm³/mol. The molecule has 0 aliphatic heterocycles. The molecule has 0 saturated carbocycles. The number of fused-ring (bicyclic) bond motifs is 1. The van der Waals surface area contributed by atoms with Crippen molar-refractivity contribution in [3.8, 4) is 0 Å². The maximum Gasteiger partial charge on any atom is 0.600 e. The Bertz CT molecular complexity index is 528. The Morgan fingerprint density at radius 3 is 2.35 bits per heavy atom. The van der Waals surface area contributed by atoms with Gasteiger partial charge < -0.3 is 17.0 Å². The van der Waals surface area contributed by atoms with Crippen molar-refractivity contribution in [2.45, 2.75) is 25.8 Å². The Labute approximate surface area is 111 Å². The fraction of sp³-hybridized carbons (Fsp3) is 0.333. The number of rotatable bonds is 1. The molecule has 0 aliphatic rings. The maximum absolute atomic E-state index is 12.8. The van der Waals surface area contributed by atoms with Gasteiger partial charge in [0.1, 0.15) is 0 Å². The van der Waals surface area contributed by atoms with Crippen LogP contribution in [0, 0.1) is 6.92 Å². The number of hydrogen-bond donors (Lipinski definition) is 0. The smallest absolute Gasteiger partial charge is 0.600 e. The first-order chi connectivity index (χ1) is 7.43. The number of aryl methyl sites for hydroxylation is 2. The van der Waals surface area contributed by atoms with E-state index < -0.39 is 16.0 Å². The maximum atomic E-state index is 12.8. The van der Waals surface area contributed by atoms with Crippen LogP contribution in [0.1, 0.15) is 17.4 Å². The van der Waals surface area contributed by atoms with Crippen molar-refractivity contribution in [1.82, 2.24) is 0 Å². The van der Waals surface area contributed by atoms with Gasteiger partial charge in [-0.1, -0.05) is 13.0 Å². The van der Waals surface area contributed by atoms with Crippen LogP contribution >= 0.6 is 10.5 Å². The molecule has 1 unspecified atom stereocenters. The van der Waals surface area contributed by atoms with Gasteiger partial charge in [0.25, 0.3) is 0 Å². The summed E-state index contributed by atoms with van der Waals surface area (Å²) in [4.78, 5) is 0.413. The summed E-state index contributed by atoms with van der Waals surface area (Å²) in [7, 11) is -1.71. The second kappa shape index (κ2) is 4.98. The molecule has 1 heterocycles. The van der Waals surface area contributed by atoms with E-state index in [9.17, 15) is 13.2 Å². The highest BCUT2D eigenvalue weighted by molar-refractivity contribution is 7.38. The van der Waals surface area contributed by atoms with Gasteiger partial charge in [0.05, 0.1) is 10.5 Å². The quantitative estimate of drug-likeness (QED) is 0.703. The molecule has 0 bridgehead atoms. The predicted octanol–water partition coefficient (Wildman–Crippen LogP) is 1.94. The molecule has 0 saturated heterocycles. The summed E-state index contributed by atoms with van der Waals surface area (Å²) in [5, 5.41) is 0.734. The van der Waals surface area contributed by atoms with Gasteiger partial charge in [-0.05, 0) is 24.1 Å². The summed E-state index contributed by atoms with van der Waals surface area (Å²) in [5.74, 6) is 0. The summed E-state index contributed by atoms with van der Waals surface area (Å²) in [6, 6.07) is 6.93. The second-order valence-corrected chi connectivity index (χ2v) is 5.89. The zero-order valence-corrected chi connectivity index (χ0v) is 11.8. The monoisotopic (exact) mass is 324 g/mol. The standard InChI is InChI=1S/C12H12F3S.BrH/c1-3-9-4-5-11-10(7-9)6-8(2)16(11)12(13,14)15;/h4-7H,3H2,1-2H3;1H/q+1;/p-1. The third-order valence-corrected chi connectivity index (χ3v) is 4.65. The SMILES string of the molecule is CCc1ccc2c(c1)cc(C)[s+]2C(F)(F)F.[Br-]. The van der Waals surface area contributed by atoms with E-state index in [1.165, 1.54) is 0 Å². The van der Waals surface area contributed by atoms with Gasteiger partial charge in [0.15, 0.2) is 9.58 Å². The zero-order chi connectivity index (χ0) is 11.9. The minimum absolute atomic E-state index is 0.